The van der Waals surface area contributed by atoms with Gasteiger partial charge in [-0.25, -0.2) is 9.97 Å². The van der Waals surface area contributed by atoms with Gasteiger partial charge < -0.3 is 9.29 Å². The maximum atomic E-state index is 12.1. The molecule has 0 saturated heterocycles. The van der Waals surface area contributed by atoms with Gasteiger partial charge in [-0.1, -0.05) is 0 Å². The molecular formula is C14H20N4O2S2. The Labute approximate surface area is 137 Å². The molecule has 2 aromatic heterocycles. The van der Waals surface area contributed by atoms with Gasteiger partial charge in [0, 0.05) is 29.2 Å². The first-order valence-electron chi connectivity index (χ1n) is 6.83. The van der Waals surface area contributed by atoms with Crippen molar-refractivity contribution < 1.29 is 9.29 Å². The van der Waals surface area contributed by atoms with Gasteiger partial charge in [0.05, 0.1) is 7.11 Å². The largest absolute Gasteiger partial charge is 0.598 e. The number of nitrogens with one attached hydrogen (secondary N) is 1. The van der Waals surface area contributed by atoms with Crippen molar-refractivity contribution in [3.8, 4) is 17.3 Å². The van der Waals surface area contributed by atoms with Gasteiger partial charge in [0.15, 0.2) is 5.82 Å². The standard InChI is InChI=1S/C14H20N4O2S2/c1-9(18-22(19)14(2,3)4)13-16-12(17-21-13)10-6-7-15-11(8-10)20-5/h6-9,18H,1-5H3/t9-,22+/m1/s1. The summed E-state index contributed by atoms with van der Waals surface area (Å²) in [7, 11) is 1.57. The molecule has 2 atom stereocenters. The normalized spacial score (nSPS) is 14.6. The van der Waals surface area contributed by atoms with E-state index in [1.165, 1.54) is 11.5 Å². The molecule has 2 aromatic rings. The van der Waals surface area contributed by atoms with Crippen LogP contribution in [0.3, 0.4) is 0 Å². The number of methoxy groups -OCH3 is 1. The van der Waals surface area contributed by atoms with E-state index < -0.39 is 11.4 Å². The third kappa shape index (κ3) is 4.16. The zero-order chi connectivity index (χ0) is 16.3. The van der Waals surface area contributed by atoms with Gasteiger partial charge in [-0.15, -0.1) is 4.72 Å². The Morgan fingerprint density at radius 2 is 2.14 bits per heavy atom. The highest BCUT2D eigenvalue weighted by molar-refractivity contribution is 7.90. The molecule has 2 rings (SSSR count). The Bertz CT molecular complexity index is 627. The lowest BCUT2D eigenvalue weighted by molar-refractivity contribution is 0.398. The minimum atomic E-state index is -1.15. The molecule has 2 heterocycles. The molecule has 0 saturated carbocycles. The van der Waals surface area contributed by atoms with Crippen LogP contribution in [0.2, 0.25) is 0 Å². The Morgan fingerprint density at radius 3 is 2.77 bits per heavy atom. The van der Waals surface area contributed by atoms with Crippen molar-refractivity contribution >= 4 is 22.9 Å². The predicted molar refractivity (Wildman–Crippen MR) is 89.1 cm³/mol. The number of hydrogen-bond donors (Lipinski definition) is 1. The van der Waals surface area contributed by atoms with Gasteiger partial charge in [0.1, 0.15) is 15.8 Å². The molecule has 0 aromatic carbocycles. The molecule has 0 unspecified atom stereocenters. The SMILES string of the molecule is COc1cc(-c2nsc([C@@H](C)N[S@@+]([O-])C(C)(C)C)n2)ccn1. The Morgan fingerprint density at radius 1 is 1.41 bits per heavy atom. The monoisotopic (exact) mass is 340 g/mol. The number of ether oxygens (including phenoxy) is 1. The second-order valence-corrected chi connectivity index (χ2v) is 8.55. The van der Waals surface area contributed by atoms with Crippen molar-refractivity contribution in [2.45, 2.75) is 38.5 Å². The van der Waals surface area contributed by atoms with Crippen molar-refractivity contribution in [2.75, 3.05) is 7.11 Å². The number of hydrogen-bond acceptors (Lipinski definition) is 7. The van der Waals surface area contributed by atoms with Crippen molar-refractivity contribution in [3.05, 3.63) is 23.3 Å². The molecule has 0 bridgehead atoms. The minimum absolute atomic E-state index is 0.130. The second kappa shape index (κ2) is 6.91. The average molecular weight is 340 g/mol. The van der Waals surface area contributed by atoms with E-state index in [9.17, 15) is 4.55 Å². The molecule has 1 N–H and O–H groups in total. The van der Waals surface area contributed by atoms with E-state index in [-0.39, 0.29) is 10.8 Å². The summed E-state index contributed by atoms with van der Waals surface area (Å²) in [6.07, 6.45) is 1.66. The lowest BCUT2D eigenvalue weighted by Crippen LogP contribution is -2.40. The van der Waals surface area contributed by atoms with Crippen LogP contribution in [0.5, 0.6) is 5.88 Å². The third-order valence-electron chi connectivity index (χ3n) is 2.85. The van der Waals surface area contributed by atoms with E-state index in [0.717, 1.165) is 10.6 Å². The first kappa shape index (κ1) is 17.1. The lowest BCUT2D eigenvalue weighted by atomic mass is 10.2. The van der Waals surface area contributed by atoms with Crippen LogP contribution >= 0.6 is 11.5 Å². The summed E-state index contributed by atoms with van der Waals surface area (Å²) < 4.78 is 24.4. The Hall–Kier alpha value is -1.22. The van der Waals surface area contributed by atoms with Crippen LogP contribution in [-0.2, 0) is 11.4 Å². The summed E-state index contributed by atoms with van der Waals surface area (Å²) in [6.45, 7) is 7.72. The number of nitrogens with zero attached hydrogens (tertiary/aromatic N) is 3. The van der Waals surface area contributed by atoms with E-state index >= 15 is 0 Å². The van der Waals surface area contributed by atoms with Gasteiger partial charge in [-0.05, 0) is 45.3 Å². The molecule has 0 fully saturated rings. The molecule has 8 heteroatoms. The number of aromatic nitrogens is 3. The summed E-state index contributed by atoms with van der Waals surface area (Å²) in [6, 6.07) is 3.49. The molecule has 0 spiro atoms. The highest BCUT2D eigenvalue weighted by Gasteiger charge is 2.29. The van der Waals surface area contributed by atoms with Crippen LogP contribution in [0, 0.1) is 0 Å². The molecule has 0 aliphatic heterocycles. The maximum Gasteiger partial charge on any atom is 0.213 e. The summed E-state index contributed by atoms with van der Waals surface area (Å²) in [4.78, 5) is 8.58. The average Bonchev–Trinajstić information content (AvgIpc) is 2.96. The number of pyridine rings is 1. The summed E-state index contributed by atoms with van der Waals surface area (Å²) in [5.74, 6) is 1.14. The third-order valence-corrected chi connectivity index (χ3v) is 5.43. The van der Waals surface area contributed by atoms with Crippen molar-refractivity contribution in [1.29, 1.82) is 0 Å². The zero-order valence-corrected chi connectivity index (χ0v) is 14.9. The van der Waals surface area contributed by atoms with Crippen molar-refractivity contribution in [1.82, 2.24) is 19.1 Å². The van der Waals surface area contributed by atoms with Crippen molar-refractivity contribution in [3.63, 3.8) is 0 Å². The fourth-order valence-electron chi connectivity index (χ4n) is 1.58. The highest BCUT2D eigenvalue weighted by Crippen LogP contribution is 2.25. The first-order valence-corrected chi connectivity index (χ1v) is 8.75. The van der Waals surface area contributed by atoms with Gasteiger partial charge in [0.2, 0.25) is 5.88 Å². The van der Waals surface area contributed by atoms with Gasteiger partial charge in [-0.2, -0.15) is 4.37 Å². The van der Waals surface area contributed by atoms with Crippen LogP contribution in [0.1, 0.15) is 38.7 Å². The van der Waals surface area contributed by atoms with E-state index in [1.54, 1.807) is 19.4 Å². The summed E-state index contributed by atoms with van der Waals surface area (Å²) >= 11 is 0.150. The van der Waals surface area contributed by atoms with Gasteiger partial charge in [0.25, 0.3) is 0 Å². The van der Waals surface area contributed by atoms with Crippen LogP contribution in [0.15, 0.2) is 18.3 Å². The van der Waals surface area contributed by atoms with Gasteiger partial charge >= 0.3 is 0 Å². The summed E-state index contributed by atoms with van der Waals surface area (Å²) in [5.41, 5.74) is 0.846. The first-order chi connectivity index (χ1) is 10.3. The van der Waals surface area contributed by atoms with Crippen LogP contribution in [-0.4, -0.2) is 30.8 Å². The van der Waals surface area contributed by atoms with Crippen molar-refractivity contribution in [2.24, 2.45) is 0 Å². The smallest absolute Gasteiger partial charge is 0.213 e. The Kier molecular flexibility index (Phi) is 5.38. The topological polar surface area (TPSA) is 83.0 Å². The van der Waals surface area contributed by atoms with E-state index in [4.69, 9.17) is 4.74 Å². The second-order valence-electron chi connectivity index (χ2n) is 5.76. The van der Waals surface area contributed by atoms with Crippen LogP contribution < -0.4 is 9.46 Å². The van der Waals surface area contributed by atoms with E-state index in [1.807, 2.05) is 33.8 Å². The molecule has 0 radical (unpaired) electrons. The number of rotatable bonds is 5. The van der Waals surface area contributed by atoms with E-state index in [0.29, 0.717) is 11.7 Å². The molecule has 0 aliphatic carbocycles. The molecule has 6 nitrogen and oxygen atoms in total. The fraction of sp³-hybridized carbons (Fsp3) is 0.500. The molecule has 0 amide bonds. The fourth-order valence-corrected chi connectivity index (χ4v) is 3.11. The molecular weight excluding hydrogens is 320 g/mol. The zero-order valence-electron chi connectivity index (χ0n) is 13.3. The predicted octanol–water partition coefficient (Wildman–Crippen LogP) is 2.72. The maximum absolute atomic E-state index is 12.1. The van der Waals surface area contributed by atoms with Gasteiger partial charge in [-0.3, -0.25) is 0 Å². The minimum Gasteiger partial charge on any atom is -0.598 e. The highest BCUT2D eigenvalue weighted by atomic mass is 32.2. The van der Waals surface area contributed by atoms with E-state index in [2.05, 4.69) is 19.1 Å². The Balaban J connectivity index is 2.13. The quantitative estimate of drug-likeness (QED) is 0.843. The summed E-state index contributed by atoms with van der Waals surface area (Å²) in [5, 5.41) is 0.795. The molecule has 120 valence electrons. The lowest BCUT2D eigenvalue weighted by Gasteiger charge is -2.25. The molecule has 0 aliphatic rings. The van der Waals surface area contributed by atoms with Crippen LogP contribution in [0.4, 0.5) is 0 Å². The van der Waals surface area contributed by atoms with Crippen LogP contribution in [0.25, 0.3) is 11.4 Å². The molecule has 22 heavy (non-hydrogen) atoms.